The van der Waals surface area contributed by atoms with E-state index >= 15 is 0 Å². The number of nitrogens with zero attached hydrogens (tertiary/aromatic N) is 4. The van der Waals surface area contributed by atoms with Crippen LogP contribution in [0.3, 0.4) is 0 Å². The number of anilines is 1. The molecule has 0 unspecified atom stereocenters. The minimum Gasteiger partial charge on any atom is -0.368 e. The summed E-state index contributed by atoms with van der Waals surface area (Å²) in [6.07, 6.45) is 0. The van der Waals surface area contributed by atoms with Gasteiger partial charge in [-0.2, -0.15) is 5.10 Å². The van der Waals surface area contributed by atoms with Crippen LogP contribution in [0.1, 0.15) is 5.56 Å². The molecule has 1 aliphatic rings. The Morgan fingerprint density at radius 3 is 2.28 bits per heavy atom. The van der Waals surface area contributed by atoms with Crippen LogP contribution in [0.25, 0.3) is 11.3 Å². The number of para-hydroxylation sites is 1. The molecule has 1 saturated heterocycles. The Bertz CT molecular complexity index is 1040. The van der Waals surface area contributed by atoms with Crippen LogP contribution in [0, 0.1) is 6.92 Å². The summed E-state index contributed by atoms with van der Waals surface area (Å²) in [4.78, 5) is 29.1. The molecule has 0 radical (unpaired) electrons. The molecule has 2 heterocycles. The van der Waals surface area contributed by atoms with Crippen LogP contribution in [0.15, 0.2) is 71.5 Å². The predicted molar refractivity (Wildman–Crippen MR) is 114 cm³/mol. The molecule has 0 atom stereocenters. The highest BCUT2D eigenvalue weighted by Gasteiger charge is 2.22. The molecule has 0 N–H and O–H groups in total. The summed E-state index contributed by atoms with van der Waals surface area (Å²) in [6.45, 7) is 4.82. The van der Waals surface area contributed by atoms with Crippen molar-refractivity contribution in [1.29, 1.82) is 0 Å². The number of aryl methyl sites for hydroxylation is 1. The first-order valence-electron chi connectivity index (χ1n) is 9.83. The number of hydrogen-bond donors (Lipinski definition) is 0. The minimum atomic E-state index is -0.267. The van der Waals surface area contributed by atoms with Crippen molar-refractivity contribution in [3.05, 3.63) is 82.6 Å². The number of carbonyl (C=O) groups is 1. The van der Waals surface area contributed by atoms with E-state index in [9.17, 15) is 9.59 Å². The van der Waals surface area contributed by atoms with Gasteiger partial charge >= 0.3 is 0 Å². The molecule has 2 aromatic carbocycles. The quantitative estimate of drug-likeness (QED) is 0.689. The van der Waals surface area contributed by atoms with Crippen molar-refractivity contribution in [1.82, 2.24) is 14.7 Å². The van der Waals surface area contributed by atoms with E-state index in [4.69, 9.17) is 0 Å². The molecular weight excluding hydrogens is 364 g/mol. The monoisotopic (exact) mass is 388 g/mol. The molecule has 1 aliphatic heterocycles. The summed E-state index contributed by atoms with van der Waals surface area (Å²) >= 11 is 0. The number of rotatable bonds is 4. The van der Waals surface area contributed by atoms with Crippen LogP contribution in [0.4, 0.5) is 5.69 Å². The molecule has 1 fully saturated rings. The maximum atomic E-state index is 12.8. The second kappa shape index (κ2) is 8.31. The topological polar surface area (TPSA) is 58.4 Å². The fourth-order valence-electron chi connectivity index (χ4n) is 3.52. The molecular formula is C23H24N4O2. The van der Waals surface area contributed by atoms with Crippen LogP contribution >= 0.6 is 0 Å². The lowest BCUT2D eigenvalue weighted by Crippen LogP contribution is -2.50. The first-order chi connectivity index (χ1) is 14.1. The van der Waals surface area contributed by atoms with Crippen LogP contribution in [0.2, 0.25) is 0 Å². The fraction of sp³-hybridized carbons (Fsp3) is 0.261. The number of piperazine rings is 1. The molecule has 0 spiro atoms. The fourth-order valence-corrected chi connectivity index (χ4v) is 3.52. The van der Waals surface area contributed by atoms with Crippen molar-refractivity contribution in [2.24, 2.45) is 0 Å². The molecule has 0 aliphatic carbocycles. The van der Waals surface area contributed by atoms with Gasteiger partial charge in [0.15, 0.2) is 0 Å². The zero-order valence-corrected chi connectivity index (χ0v) is 16.5. The van der Waals surface area contributed by atoms with E-state index in [0.717, 1.165) is 24.2 Å². The first kappa shape index (κ1) is 18.9. The van der Waals surface area contributed by atoms with Gasteiger partial charge in [-0.3, -0.25) is 9.59 Å². The highest BCUT2D eigenvalue weighted by atomic mass is 16.2. The Morgan fingerprint density at radius 2 is 1.59 bits per heavy atom. The van der Waals surface area contributed by atoms with Crippen molar-refractivity contribution in [3.63, 3.8) is 0 Å². The summed E-state index contributed by atoms with van der Waals surface area (Å²) in [6, 6.07) is 21.3. The third kappa shape index (κ3) is 4.37. The van der Waals surface area contributed by atoms with Gasteiger partial charge < -0.3 is 9.80 Å². The predicted octanol–water partition coefficient (Wildman–Crippen LogP) is 2.57. The summed E-state index contributed by atoms with van der Waals surface area (Å²) < 4.78 is 1.26. The molecule has 29 heavy (non-hydrogen) atoms. The van der Waals surface area contributed by atoms with E-state index in [1.807, 2.05) is 54.3 Å². The molecule has 4 rings (SSSR count). The maximum absolute atomic E-state index is 12.8. The summed E-state index contributed by atoms with van der Waals surface area (Å²) in [5, 5.41) is 4.42. The largest absolute Gasteiger partial charge is 0.368 e. The number of carbonyl (C=O) groups excluding carboxylic acids is 1. The highest BCUT2D eigenvalue weighted by molar-refractivity contribution is 5.76. The minimum absolute atomic E-state index is 0.0378. The van der Waals surface area contributed by atoms with Crippen molar-refractivity contribution in [3.8, 4) is 11.3 Å². The molecule has 0 bridgehead atoms. The average molecular weight is 388 g/mol. The molecule has 6 nitrogen and oxygen atoms in total. The molecule has 6 heteroatoms. The molecule has 1 amide bonds. The van der Waals surface area contributed by atoms with Gasteiger partial charge in [-0.15, -0.1) is 0 Å². The van der Waals surface area contributed by atoms with E-state index in [1.54, 1.807) is 6.07 Å². The van der Waals surface area contributed by atoms with Crippen LogP contribution < -0.4 is 10.5 Å². The lowest BCUT2D eigenvalue weighted by molar-refractivity contribution is -0.132. The van der Waals surface area contributed by atoms with Gasteiger partial charge in [-0.25, -0.2) is 4.68 Å². The Kier molecular flexibility index (Phi) is 5.42. The lowest BCUT2D eigenvalue weighted by Gasteiger charge is -2.36. The second-order valence-corrected chi connectivity index (χ2v) is 7.28. The summed E-state index contributed by atoms with van der Waals surface area (Å²) in [5.41, 5.74) is 3.67. The Hall–Kier alpha value is -3.41. The van der Waals surface area contributed by atoms with E-state index in [1.165, 1.54) is 16.4 Å². The average Bonchev–Trinajstić information content (AvgIpc) is 2.76. The van der Waals surface area contributed by atoms with Crippen LogP contribution in [-0.4, -0.2) is 46.8 Å². The highest BCUT2D eigenvalue weighted by Crippen LogP contribution is 2.17. The van der Waals surface area contributed by atoms with Crippen molar-refractivity contribution in [2.45, 2.75) is 13.5 Å². The van der Waals surface area contributed by atoms with Gasteiger partial charge in [0.05, 0.1) is 5.69 Å². The molecule has 0 saturated carbocycles. The zero-order valence-electron chi connectivity index (χ0n) is 16.5. The van der Waals surface area contributed by atoms with Gasteiger partial charge in [-0.05, 0) is 25.1 Å². The SMILES string of the molecule is Cc1ccc(-c2ccc(=O)n(CC(=O)N3CCN(c4ccccc4)CC3)n2)cc1. The first-order valence-corrected chi connectivity index (χ1v) is 9.83. The number of aromatic nitrogens is 2. The third-order valence-corrected chi connectivity index (χ3v) is 5.25. The maximum Gasteiger partial charge on any atom is 0.267 e. The lowest BCUT2D eigenvalue weighted by atomic mass is 10.1. The van der Waals surface area contributed by atoms with Crippen LogP contribution in [0.5, 0.6) is 0 Å². The molecule has 1 aromatic heterocycles. The van der Waals surface area contributed by atoms with Crippen molar-refractivity contribution < 1.29 is 4.79 Å². The smallest absolute Gasteiger partial charge is 0.267 e. The summed E-state index contributed by atoms with van der Waals surface area (Å²) in [5.74, 6) is -0.0756. The van der Waals surface area contributed by atoms with Gasteiger partial charge in [0, 0.05) is 43.5 Å². The number of hydrogen-bond acceptors (Lipinski definition) is 4. The van der Waals surface area contributed by atoms with E-state index in [2.05, 4.69) is 22.1 Å². The normalized spacial score (nSPS) is 14.1. The van der Waals surface area contributed by atoms with Gasteiger partial charge in [0.25, 0.3) is 5.56 Å². The van der Waals surface area contributed by atoms with E-state index < -0.39 is 0 Å². The van der Waals surface area contributed by atoms with Gasteiger partial charge in [-0.1, -0.05) is 48.0 Å². The zero-order chi connectivity index (χ0) is 20.2. The van der Waals surface area contributed by atoms with Crippen molar-refractivity contribution in [2.75, 3.05) is 31.1 Å². The number of benzene rings is 2. The standard InChI is InChI=1S/C23H24N4O2/c1-18-7-9-19(10-8-18)21-11-12-22(28)27(24-21)17-23(29)26-15-13-25(14-16-26)20-5-3-2-4-6-20/h2-12H,13-17H2,1H3. The molecule has 148 valence electrons. The van der Waals surface area contributed by atoms with Crippen LogP contribution in [-0.2, 0) is 11.3 Å². The third-order valence-electron chi connectivity index (χ3n) is 5.25. The Labute approximate surface area is 170 Å². The number of amides is 1. The van der Waals surface area contributed by atoms with E-state index in [0.29, 0.717) is 18.8 Å². The molecule has 3 aromatic rings. The Morgan fingerprint density at radius 1 is 0.897 bits per heavy atom. The summed E-state index contributed by atoms with van der Waals surface area (Å²) in [7, 11) is 0. The van der Waals surface area contributed by atoms with Crippen molar-refractivity contribution >= 4 is 11.6 Å². The van der Waals surface area contributed by atoms with E-state index in [-0.39, 0.29) is 18.0 Å². The van der Waals surface area contributed by atoms with Gasteiger partial charge in [0.1, 0.15) is 6.54 Å². The Balaban J connectivity index is 1.43. The van der Waals surface area contributed by atoms with Gasteiger partial charge in [0.2, 0.25) is 5.91 Å². The second-order valence-electron chi connectivity index (χ2n) is 7.28.